The Morgan fingerprint density at radius 3 is 1.95 bits per heavy atom. The van der Waals surface area contributed by atoms with Crippen molar-refractivity contribution in [3.8, 4) is 0 Å². The van der Waals surface area contributed by atoms with Gasteiger partial charge in [0.25, 0.3) is 0 Å². The van der Waals surface area contributed by atoms with E-state index >= 15 is 0 Å². The molecule has 1 nitrogen and oxygen atoms in total. The molecule has 1 atom stereocenters. The standard InChI is InChI=1S/C15H12F5N/c1-7-3-4-9(13(19)12(7)18)15(21-2)8-5-10(16)14(20)11(17)6-8/h3-6,15,21H,1-2H3. The summed E-state index contributed by atoms with van der Waals surface area (Å²) in [6.45, 7) is 1.40. The van der Waals surface area contributed by atoms with Crippen LogP contribution in [0, 0.1) is 36.0 Å². The maximum atomic E-state index is 14.0. The number of nitrogens with one attached hydrogen (secondary N) is 1. The molecule has 0 aromatic heterocycles. The van der Waals surface area contributed by atoms with Gasteiger partial charge in [-0.05, 0) is 37.2 Å². The third-order valence-electron chi connectivity index (χ3n) is 3.24. The van der Waals surface area contributed by atoms with Gasteiger partial charge in [-0.1, -0.05) is 12.1 Å². The van der Waals surface area contributed by atoms with E-state index in [4.69, 9.17) is 0 Å². The van der Waals surface area contributed by atoms with Gasteiger partial charge in [0.05, 0.1) is 6.04 Å². The molecule has 6 heteroatoms. The first-order valence-electron chi connectivity index (χ1n) is 6.13. The molecule has 112 valence electrons. The fourth-order valence-corrected chi connectivity index (χ4v) is 2.13. The average molecular weight is 301 g/mol. The van der Waals surface area contributed by atoms with Gasteiger partial charge in [-0.2, -0.15) is 0 Å². The third-order valence-corrected chi connectivity index (χ3v) is 3.24. The van der Waals surface area contributed by atoms with E-state index in [0.29, 0.717) is 0 Å². The SMILES string of the molecule is CNC(c1cc(F)c(F)c(F)c1)c1ccc(C)c(F)c1F. The van der Waals surface area contributed by atoms with Crippen molar-refractivity contribution in [1.29, 1.82) is 0 Å². The summed E-state index contributed by atoms with van der Waals surface area (Å²) in [6, 6.07) is 3.15. The second-order valence-corrected chi connectivity index (χ2v) is 4.62. The molecular weight excluding hydrogens is 289 g/mol. The number of rotatable bonds is 3. The summed E-state index contributed by atoms with van der Waals surface area (Å²) in [5.41, 5.74) is -0.0513. The van der Waals surface area contributed by atoms with Gasteiger partial charge in [-0.25, -0.2) is 22.0 Å². The predicted molar refractivity (Wildman–Crippen MR) is 68.3 cm³/mol. The maximum Gasteiger partial charge on any atom is 0.194 e. The van der Waals surface area contributed by atoms with Crippen molar-refractivity contribution in [3.63, 3.8) is 0 Å². The van der Waals surface area contributed by atoms with Crippen LogP contribution in [-0.4, -0.2) is 7.05 Å². The van der Waals surface area contributed by atoms with Crippen molar-refractivity contribution in [2.45, 2.75) is 13.0 Å². The largest absolute Gasteiger partial charge is 0.309 e. The Morgan fingerprint density at radius 1 is 0.857 bits per heavy atom. The van der Waals surface area contributed by atoms with Gasteiger partial charge in [0, 0.05) is 5.56 Å². The van der Waals surface area contributed by atoms with Crippen LogP contribution >= 0.6 is 0 Å². The summed E-state index contributed by atoms with van der Waals surface area (Å²) in [5, 5.41) is 2.63. The van der Waals surface area contributed by atoms with Gasteiger partial charge >= 0.3 is 0 Å². The van der Waals surface area contributed by atoms with E-state index in [-0.39, 0.29) is 16.7 Å². The average Bonchev–Trinajstić information content (AvgIpc) is 2.45. The highest BCUT2D eigenvalue weighted by Gasteiger charge is 2.22. The highest BCUT2D eigenvalue weighted by Crippen LogP contribution is 2.28. The van der Waals surface area contributed by atoms with E-state index in [1.54, 1.807) is 0 Å². The minimum atomic E-state index is -1.61. The highest BCUT2D eigenvalue weighted by atomic mass is 19.2. The van der Waals surface area contributed by atoms with E-state index in [0.717, 1.165) is 12.1 Å². The molecule has 0 saturated carbocycles. The van der Waals surface area contributed by atoms with Gasteiger partial charge in [-0.15, -0.1) is 0 Å². The zero-order chi connectivity index (χ0) is 15.7. The monoisotopic (exact) mass is 301 g/mol. The van der Waals surface area contributed by atoms with Gasteiger partial charge in [-0.3, -0.25) is 0 Å². The lowest BCUT2D eigenvalue weighted by Gasteiger charge is -2.19. The molecule has 0 aliphatic heterocycles. The van der Waals surface area contributed by atoms with E-state index in [1.165, 1.54) is 26.1 Å². The van der Waals surface area contributed by atoms with Crippen LogP contribution in [0.2, 0.25) is 0 Å². The molecule has 0 radical (unpaired) electrons. The molecule has 0 aliphatic rings. The van der Waals surface area contributed by atoms with Crippen LogP contribution in [0.4, 0.5) is 22.0 Å². The lowest BCUT2D eigenvalue weighted by atomic mass is 9.96. The summed E-state index contributed by atoms with van der Waals surface area (Å²) >= 11 is 0. The van der Waals surface area contributed by atoms with Crippen LogP contribution in [0.5, 0.6) is 0 Å². The Morgan fingerprint density at radius 2 is 1.43 bits per heavy atom. The van der Waals surface area contributed by atoms with E-state index < -0.39 is 35.1 Å². The fourth-order valence-electron chi connectivity index (χ4n) is 2.13. The molecule has 0 saturated heterocycles. The second-order valence-electron chi connectivity index (χ2n) is 4.62. The molecule has 0 fully saturated rings. The van der Waals surface area contributed by atoms with Gasteiger partial charge < -0.3 is 5.32 Å². The highest BCUT2D eigenvalue weighted by molar-refractivity contribution is 5.36. The predicted octanol–water partition coefficient (Wildman–Crippen LogP) is 4.00. The van der Waals surface area contributed by atoms with Crippen molar-refractivity contribution in [1.82, 2.24) is 5.32 Å². The van der Waals surface area contributed by atoms with Gasteiger partial charge in [0.15, 0.2) is 29.1 Å². The lowest BCUT2D eigenvalue weighted by Crippen LogP contribution is -2.20. The summed E-state index contributed by atoms with van der Waals surface area (Å²) in [4.78, 5) is 0. The quantitative estimate of drug-likeness (QED) is 0.667. The molecule has 0 spiro atoms. The van der Waals surface area contributed by atoms with Gasteiger partial charge in [0.2, 0.25) is 0 Å². The molecular formula is C15H12F5N. The summed E-state index contributed by atoms with van der Waals surface area (Å²) in [7, 11) is 1.42. The molecule has 0 amide bonds. The molecule has 0 heterocycles. The zero-order valence-corrected chi connectivity index (χ0v) is 11.3. The first-order chi connectivity index (χ1) is 9.86. The Hall–Kier alpha value is -1.95. The van der Waals surface area contributed by atoms with Crippen molar-refractivity contribution in [2.24, 2.45) is 0 Å². The third kappa shape index (κ3) is 2.76. The Kier molecular flexibility index (Phi) is 4.27. The normalized spacial score (nSPS) is 12.5. The Balaban J connectivity index is 2.58. The number of benzene rings is 2. The molecule has 2 aromatic rings. The van der Waals surface area contributed by atoms with Crippen LogP contribution in [0.3, 0.4) is 0 Å². The Bertz CT molecular complexity index is 661. The molecule has 21 heavy (non-hydrogen) atoms. The topological polar surface area (TPSA) is 12.0 Å². The van der Waals surface area contributed by atoms with Crippen LogP contribution in [-0.2, 0) is 0 Å². The number of aryl methyl sites for hydroxylation is 1. The summed E-state index contributed by atoms with van der Waals surface area (Å²) in [5.74, 6) is -6.53. The lowest BCUT2D eigenvalue weighted by molar-refractivity contribution is 0.441. The van der Waals surface area contributed by atoms with Gasteiger partial charge in [0.1, 0.15) is 0 Å². The van der Waals surface area contributed by atoms with Crippen LogP contribution < -0.4 is 5.32 Å². The summed E-state index contributed by atoms with van der Waals surface area (Å²) in [6.07, 6.45) is 0. The van der Waals surface area contributed by atoms with Crippen LogP contribution in [0.1, 0.15) is 22.7 Å². The number of hydrogen-bond acceptors (Lipinski definition) is 1. The fraction of sp³-hybridized carbons (Fsp3) is 0.200. The molecule has 2 aromatic carbocycles. The maximum absolute atomic E-state index is 14.0. The van der Waals surface area contributed by atoms with Crippen LogP contribution in [0.25, 0.3) is 0 Å². The smallest absolute Gasteiger partial charge is 0.194 e. The van der Waals surface area contributed by atoms with Crippen molar-refractivity contribution >= 4 is 0 Å². The molecule has 1 N–H and O–H groups in total. The first-order valence-corrected chi connectivity index (χ1v) is 6.13. The molecule has 0 aliphatic carbocycles. The first kappa shape index (κ1) is 15.4. The molecule has 1 unspecified atom stereocenters. The van der Waals surface area contributed by atoms with E-state index in [9.17, 15) is 22.0 Å². The van der Waals surface area contributed by atoms with Crippen molar-refractivity contribution in [2.75, 3.05) is 7.05 Å². The number of hydrogen-bond donors (Lipinski definition) is 1. The minimum Gasteiger partial charge on any atom is -0.309 e. The van der Waals surface area contributed by atoms with E-state index in [1.807, 2.05) is 0 Å². The van der Waals surface area contributed by atoms with Crippen LogP contribution in [0.15, 0.2) is 24.3 Å². The van der Waals surface area contributed by atoms with Crippen molar-refractivity contribution < 1.29 is 22.0 Å². The van der Waals surface area contributed by atoms with E-state index in [2.05, 4.69) is 5.32 Å². The molecule has 2 rings (SSSR count). The summed E-state index contributed by atoms with van der Waals surface area (Å²) < 4.78 is 67.1. The number of halogens is 5. The minimum absolute atomic E-state index is 0.0453. The molecule has 0 bridgehead atoms. The van der Waals surface area contributed by atoms with Crippen molar-refractivity contribution in [3.05, 3.63) is 70.0 Å². The zero-order valence-electron chi connectivity index (χ0n) is 11.3. The second kappa shape index (κ2) is 5.81. The Labute approximate surface area is 118 Å².